The lowest BCUT2D eigenvalue weighted by atomic mass is 10.2. The summed E-state index contributed by atoms with van der Waals surface area (Å²) in [5.41, 5.74) is -0.764. The van der Waals surface area contributed by atoms with Crippen molar-refractivity contribution >= 4 is 11.6 Å². The summed E-state index contributed by atoms with van der Waals surface area (Å²) in [5.74, 6) is 1.30. The summed E-state index contributed by atoms with van der Waals surface area (Å²) in [7, 11) is 0. The van der Waals surface area contributed by atoms with E-state index < -0.39 is 11.7 Å². The molecule has 0 saturated heterocycles. The number of pyridine rings is 1. The Kier molecular flexibility index (Phi) is 4.35. The molecule has 21 heavy (non-hydrogen) atoms. The summed E-state index contributed by atoms with van der Waals surface area (Å²) in [6, 6.07) is 1.93. The quantitative estimate of drug-likeness (QED) is 0.885. The minimum Gasteiger partial charge on any atom is -0.444 e. The Labute approximate surface area is 119 Å². The molecule has 2 heterocycles. The van der Waals surface area contributed by atoms with E-state index >= 15 is 0 Å². The zero-order valence-electron chi connectivity index (χ0n) is 11.6. The van der Waals surface area contributed by atoms with Gasteiger partial charge in [0.25, 0.3) is 0 Å². The number of nitrogens with zero attached hydrogens (tertiary/aromatic N) is 2. The molecule has 0 bridgehead atoms. The molecule has 0 atom stereocenters. The van der Waals surface area contributed by atoms with Gasteiger partial charge in [-0.15, -0.1) is 0 Å². The number of oxazole rings is 1. The van der Waals surface area contributed by atoms with Crippen LogP contribution in [0.4, 0.5) is 24.8 Å². The van der Waals surface area contributed by atoms with Crippen LogP contribution in [0.2, 0.25) is 0 Å². The number of halogens is 3. The van der Waals surface area contributed by atoms with Gasteiger partial charge in [0.15, 0.2) is 0 Å². The highest BCUT2D eigenvalue weighted by atomic mass is 19.4. The number of hydrogen-bond donors (Lipinski definition) is 2. The lowest BCUT2D eigenvalue weighted by Crippen LogP contribution is -2.11. The van der Waals surface area contributed by atoms with Crippen molar-refractivity contribution in [1.29, 1.82) is 0 Å². The number of rotatable bonds is 5. The normalized spacial score (nSPS) is 11.5. The first kappa shape index (κ1) is 15.1. The van der Waals surface area contributed by atoms with E-state index in [-0.39, 0.29) is 18.2 Å². The monoisotopic (exact) mass is 300 g/mol. The molecule has 2 aromatic rings. The van der Waals surface area contributed by atoms with E-state index in [0.29, 0.717) is 18.2 Å². The average Bonchev–Trinajstić information content (AvgIpc) is 2.81. The molecule has 0 spiro atoms. The molecule has 0 aliphatic rings. The van der Waals surface area contributed by atoms with Crippen LogP contribution in [-0.2, 0) is 12.7 Å². The van der Waals surface area contributed by atoms with Crippen LogP contribution in [-0.4, -0.2) is 16.5 Å². The Bertz CT molecular complexity index is 610. The van der Waals surface area contributed by atoms with Gasteiger partial charge in [-0.1, -0.05) is 0 Å². The number of hydrogen-bond acceptors (Lipinski definition) is 5. The number of aryl methyl sites for hydroxylation is 1. The van der Waals surface area contributed by atoms with Crippen molar-refractivity contribution in [1.82, 2.24) is 9.97 Å². The first-order valence-corrected chi connectivity index (χ1v) is 6.37. The molecule has 0 radical (unpaired) electrons. The van der Waals surface area contributed by atoms with Crippen molar-refractivity contribution in [2.24, 2.45) is 0 Å². The number of aromatic nitrogens is 2. The molecule has 2 N–H and O–H groups in total. The maximum Gasteiger partial charge on any atom is 0.416 e. The van der Waals surface area contributed by atoms with E-state index in [9.17, 15) is 13.2 Å². The summed E-state index contributed by atoms with van der Waals surface area (Å²) >= 11 is 0. The highest BCUT2D eigenvalue weighted by Crippen LogP contribution is 2.32. The fourth-order valence-electron chi connectivity index (χ4n) is 1.71. The third-order valence-corrected chi connectivity index (χ3v) is 2.60. The van der Waals surface area contributed by atoms with E-state index in [1.54, 1.807) is 20.0 Å². The third-order valence-electron chi connectivity index (χ3n) is 2.60. The van der Waals surface area contributed by atoms with E-state index in [1.807, 2.05) is 0 Å². The second-order valence-corrected chi connectivity index (χ2v) is 4.37. The highest BCUT2D eigenvalue weighted by molar-refractivity contribution is 5.49. The van der Waals surface area contributed by atoms with Gasteiger partial charge in [0.05, 0.1) is 18.3 Å². The van der Waals surface area contributed by atoms with Crippen molar-refractivity contribution in [3.05, 3.63) is 35.5 Å². The lowest BCUT2D eigenvalue weighted by molar-refractivity contribution is -0.137. The van der Waals surface area contributed by atoms with Crippen LogP contribution >= 0.6 is 0 Å². The van der Waals surface area contributed by atoms with Crippen LogP contribution in [0.5, 0.6) is 0 Å². The molecular weight excluding hydrogens is 285 g/mol. The van der Waals surface area contributed by atoms with Gasteiger partial charge in [0.2, 0.25) is 5.89 Å². The first-order valence-electron chi connectivity index (χ1n) is 6.37. The van der Waals surface area contributed by atoms with Crippen molar-refractivity contribution in [3.8, 4) is 0 Å². The zero-order chi connectivity index (χ0) is 15.5. The van der Waals surface area contributed by atoms with Crippen LogP contribution in [0, 0.1) is 6.92 Å². The number of alkyl halides is 3. The maximum absolute atomic E-state index is 12.8. The van der Waals surface area contributed by atoms with Gasteiger partial charge >= 0.3 is 6.18 Å². The average molecular weight is 300 g/mol. The second kappa shape index (κ2) is 6.02. The van der Waals surface area contributed by atoms with Crippen molar-refractivity contribution in [3.63, 3.8) is 0 Å². The molecule has 5 nitrogen and oxygen atoms in total. The largest absolute Gasteiger partial charge is 0.444 e. The van der Waals surface area contributed by atoms with Gasteiger partial charge in [0.1, 0.15) is 17.4 Å². The molecule has 0 aromatic carbocycles. The topological polar surface area (TPSA) is 63.0 Å². The summed E-state index contributed by atoms with van der Waals surface area (Å²) < 4.78 is 43.8. The second-order valence-electron chi connectivity index (χ2n) is 4.37. The Morgan fingerprint density at radius 2 is 1.86 bits per heavy atom. The molecule has 2 aromatic heterocycles. The molecule has 114 valence electrons. The standard InChI is InChI=1S/C13H15F3N4O/c1-3-17-10-4-9(13(14,15)16)5-11(20-10)18-7-12-19-6-8(2)21-12/h4-6H,3,7H2,1-2H3,(H2,17,18,20). The first-order chi connectivity index (χ1) is 9.88. The Hall–Kier alpha value is -2.25. The zero-order valence-corrected chi connectivity index (χ0v) is 11.6. The molecular formula is C13H15F3N4O. The van der Waals surface area contributed by atoms with Crippen LogP contribution in [0.15, 0.2) is 22.7 Å². The molecule has 8 heteroatoms. The maximum atomic E-state index is 12.8. The van der Waals surface area contributed by atoms with Gasteiger partial charge < -0.3 is 15.1 Å². The fourth-order valence-corrected chi connectivity index (χ4v) is 1.71. The molecule has 2 rings (SSSR count). The molecule has 0 fully saturated rings. The number of nitrogens with one attached hydrogen (secondary N) is 2. The minimum atomic E-state index is -4.43. The van der Waals surface area contributed by atoms with Gasteiger partial charge in [-0.05, 0) is 26.0 Å². The van der Waals surface area contributed by atoms with Crippen LogP contribution in [0.25, 0.3) is 0 Å². The van der Waals surface area contributed by atoms with E-state index in [2.05, 4.69) is 20.6 Å². The van der Waals surface area contributed by atoms with Crippen LogP contribution < -0.4 is 10.6 Å². The Balaban J connectivity index is 2.19. The Morgan fingerprint density at radius 3 is 2.38 bits per heavy atom. The molecule has 0 aliphatic heterocycles. The van der Waals surface area contributed by atoms with Crippen molar-refractivity contribution in [2.75, 3.05) is 17.2 Å². The summed E-state index contributed by atoms with van der Waals surface area (Å²) in [6.07, 6.45) is -2.89. The third kappa shape index (κ3) is 4.11. The minimum absolute atomic E-state index is 0.108. The molecule has 0 unspecified atom stereocenters. The van der Waals surface area contributed by atoms with Gasteiger partial charge in [0, 0.05) is 6.54 Å². The Morgan fingerprint density at radius 1 is 1.19 bits per heavy atom. The molecule has 0 amide bonds. The van der Waals surface area contributed by atoms with Gasteiger partial charge in [-0.3, -0.25) is 0 Å². The van der Waals surface area contributed by atoms with Crippen molar-refractivity contribution < 1.29 is 17.6 Å². The summed E-state index contributed by atoms with van der Waals surface area (Å²) in [4.78, 5) is 8.03. The lowest BCUT2D eigenvalue weighted by Gasteiger charge is -2.12. The molecule has 0 saturated carbocycles. The van der Waals surface area contributed by atoms with Gasteiger partial charge in [-0.25, -0.2) is 9.97 Å². The fraction of sp³-hybridized carbons (Fsp3) is 0.385. The van der Waals surface area contributed by atoms with E-state index in [4.69, 9.17) is 4.42 Å². The molecule has 0 aliphatic carbocycles. The smallest absolute Gasteiger partial charge is 0.416 e. The number of anilines is 2. The highest BCUT2D eigenvalue weighted by Gasteiger charge is 2.31. The SMILES string of the molecule is CCNc1cc(C(F)(F)F)cc(NCc2ncc(C)o2)n1. The summed E-state index contributed by atoms with van der Waals surface area (Å²) in [6.45, 7) is 4.16. The summed E-state index contributed by atoms with van der Waals surface area (Å²) in [5, 5.41) is 5.55. The predicted molar refractivity (Wildman–Crippen MR) is 72.0 cm³/mol. The van der Waals surface area contributed by atoms with E-state index in [0.717, 1.165) is 12.1 Å². The van der Waals surface area contributed by atoms with Crippen LogP contribution in [0.3, 0.4) is 0 Å². The van der Waals surface area contributed by atoms with Gasteiger partial charge in [-0.2, -0.15) is 13.2 Å². The van der Waals surface area contributed by atoms with Crippen molar-refractivity contribution in [2.45, 2.75) is 26.6 Å². The van der Waals surface area contributed by atoms with E-state index in [1.165, 1.54) is 0 Å². The van der Waals surface area contributed by atoms with Crippen LogP contribution in [0.1, 0.15) is 24.1 Å². The predicted octanol–water partition coefficient (Wildman–Crippen LogP) is 3.44.